The van der Waals surface area contributed by atoms with Crippen LogP contribution in [0.2, 0.25) is 5.02 Å². The van der Waals surface area contributed by atoms with Crippen molar-refractivity contribution < 1.29 is 22.3 Å². The molecule has 22 heavy (non-hydrogen) atoms. The fraction of sp³-hybridized carbons (Fsp3) is 0.188. The molecule has 1 aliphatic rings. The summed E-state index contributed by atoms with van der Waals surface area (Å²) in [7, 11) is 0. The molecule has 0 fully saturated rings. The molecule has 0 amide bonds. The Kier molecular flexibility index (Phi) is 3.56. The fourth-order valence-corrected chi connectivity index (χ4v) is 2.66. The first kappa shape index (κ1) is 15.2. The van der Waals surface area contributed by atoms with Crippen LogP contribution in [0.25, 0.3) is 11.1 Å². The molecule has 0 saturated carbocycles. The summed E-state index contributed by atoms with van der Waals surface area (Å²) in [5.74, 6) is -0.291. The second kappa shape index (κ2) is 5.16. The average molecular weight is 330 g/mol. The van der Waals surface area contributed by atoms with E-state index >= 15 is 0 Å². The van der Waals surface area contributed by atoms with Gasteiger partial charge in [0.05, 0.1) is 10.6 Å². The number of hydrogen-bond donors (Lipinski definition) is 0. The average Bonchev–Trinajstić information content (AvgIpc) is 2.80. The predicted molar refractivity (Wildman–Crippen MR) is 75.3 cm³/mol. The molecule has 0 bridgehead atoms. The third kappa shape index (κ3) is 2.65. The molecule has 1 aliphatic heterocycles. The van der Waals surface area contributed by atoms with Gasteiger partial charge in [-0.2, -0.15) is 13.2 Å². The molecule has 2 aromatic rings. The van der Waals surface area contributed by atoms with E-state index in [-0.39, 0.29) is 10.6 Å². The van der Waals surface area contributed by atoms with Crippen molar-refractivity contribution in [3.63, 3.8) is 0 Å². The molecule has 115 valence electrons. The lowest BCUT2D eigenvalue weighted by Gasteiger charge is -2.14. The van der Waals surface area contributed by atoms with Gasteiger partial charge in [-0.25, -0.2) is 4.39 Å². The summed E-state index contributed by atoms with van der Waals surface area (Å²) in [6.45, 7) is 3.72. The molecule has 3 rings (SSSR count). The van der Waals surface area contributed by atoms with Crippen LogP contribution in [0.4, 0.5) is 17.6 Å². The maximum atomic E-state index is 13.3. The van der Waals surface area contributed by atoms with Crippen molar-refractivity contribution in [3.05, 3.63) is 59.2 Å². The molecule has 0 aliphatic carbocycles. The molecule has 1 heterocycles. The first-order chi connectivity index (χ1) is 10.3. The van der Waals surface area contributed by atoms with E-state index < -0.39 is 23.7 Å². The topological polar surface area (TPSA) is 9.23 Å². The Balaban J connectivity index is 2.21. The van der Waals surface area contributed by atoms with Crippen molar-refractivity contribution in [2.24, 2.45) is 0 Å². The molecule has 0 spiro atoms. The summed E-state index contributed by atoms with van der Waals surface area (Å²) in [6.07, 6.45) is -4.64. The van der Waals surface area contributed by atoms with Crippen molar-refractivity contribution in [2.75, 3.05) is 0 Å². The maximum absolute atomic E-state index is 13.3. The highest BCUT2D eigenvalue weighted by Crippen LogP contribution is 2.43. The van der Waals surface area contributed by atoms with E-state index in [0.717, 1.165) is 18.2 Å². The van der Waals surface area contributed by atoms with Gasteiger partial charge in [-0.1, -0.05) is 17.7 Å². The first-order valence-electron chi connectivity index (χ1n) is 6.45. The van der Waals surface area contributed by atoms with E-state index in [1.54, 1.807) is 0 Å². The highest BCUT2D eigenvalue weighted by Gasteiger charge is 2.34. The zero-order chi connectivity index (χ0) is 16.1. The Morgan fingerprint density at radius 3 is 2.55 bits per heavy atom. The summed E-state index contributed by atoms with van der Waals surface area (Å²) >= 11 is 5.72. The first-order valence-corrected chi connectivity index (χ1v) is 6.83. The van der Waals surface area contributed by atoms with Crippen LogP contribution < -0.4 is 4.74 Å². The van der Waals surface area contributed by atoms with Crippen molar-refractivity contribution in [3.8, 4) is 16.9 Å². The van der Waals surface area contributed by atoms with E-state index in [2.05, 4.69) is 6.92 Å². The van der Waals surface area contributed by atoms with Crippen LogP contribution in [0.1, 0.15) is 11.1 Å². The Morgan fingerprint density at radius 2 is 1.91 bits per heavy atom. The summed E-state index contributed by atoms with van der Waals surface area (Å²) in [5, 5.41) is -0.159. The van der Waals surface area contributed by atoms with Gasteiger partial charge in [0.2, 0.25) is 0 Å². The van der Waals surface area contributed by atoms with Crippen LogP contribution in [0.3, 0.4) is 0 Å². The van der Waals surface area contributed by atoms with Crippen molar-refractivity contribution in [2.45, 2.75) is 18.7 Å². The largest absolute Gasteiger partial charge is 0.489 e. The van der Waals surface area contributed by atoms with E-state index in [1.165, 1.54) is 12.1 Å². The van der Waals surface area contributed by atoms with E-state index in [1.807, 2.05) is 0 Å². The normalized spacial score (nSPS) is 17.3. The van der Waals surface area contributed by atoms with E-state index in [0.29, 0.717) is 23.3 Å². The Labute approximate surface area is 129 Å². The molecule has 0 aromatic heterocycles. The Hall–Kier alpha value is -1.75. The van der Waals surface area contributed by atoms with Crippen LogP contribution in [-0.2, 0) is 12.6 Å². The maximum Gasteiger partial charge on any atom is 0.416 e. The SMILES string of the molecule is [CH2]C1Cc2cc(C(F)(F)F)cc(-c3ccc(F)c(Cl)c3)c2O1. The predicted octanol–water partition coefficient (Wildman–Crippen LogP) is 5.30. The van der Waals surface area contributed by atoms with Gasteiger partial charge in [0.25, 0.3) is 0 Å². The highest BCUT2D eigenvalue weighted by molar-refractivity contribution is 6.31. The third-order valence-electron chi connectivity index (χ3n) is 3.46. The lowest BCUT2D eigenvalue weighted by Crippen LogP contribution is -2.06. The molecule has 1 atom stereocenters. The molecule has 1 radical (unpaired) electrons. The zero-order valence-corrected chi connectivity index (χ0v) is 11.9. The number of rotatable bonds is 1. The lowest BCUT2D eigenvalue weighted by atomic mass is 9.97. The van der Waals surface area contributed by atoms with Gasteiger partial charge in [0.15, 0.2) is 0 Å². The quantitative estimate of drug-likeness (QED) is 0.645. The monoisotopic (exact) mass is 329 g/mol. The van der Waals surface area contributed by atoms with Crippen LogP contribution >= 0.6 is 11.6 Å². The van der Waals surface area contributed by atoms with Crippen molar-refractivity contribution >= 4 is 11.6 Å². The van der Waals surface area contributed by atoms with Crippen LogP contribution in [0.15, 0.2) is 30.3 Å². The molecule has 0 saturated heterocycles. The van der Waals surface area contributed by atoms with Gasteiger partial charge >= 0.3 is 6.18 Å². The van der Waals surface area contributed by atoms with Gasteiger partial charge in [-0.15, -0.1) is 0 Å². The minimum Gasteiger partial charge on any atom is -0.489 e. The smallest absolute Gasteiger partial charge is 0.416 e. The Morgan fingerprint density at radius 1 is 1.18 bits per heavy atom. The van der Waals surface area contributed by atoms with E-state index in [4.69, 9.17) is 16.3 Å². The fourth-order valence-electron chi connectivity index (χ4n) is 2.48. The number of alkyl halides is 3. The molecular formula is C16H10ClF4O. The summed E-state index contributed by atoms with van der Waals surface area (Å²) < 4.78 is 57.9. The third-order valence-corrected chi connectivity index (χ3v) is 3.75. The molecule has 2 aromatic carbocycles. The van der Waals surface area contributed by atoms with Crippen LogP contribution in [-0.4, -0.2) is 6.10 Å². The van der Waals surface area contributed by atoms with Gasteiger partial charge in [-0.3, -0.25) is 0 Å². The summed E-state index contributed by atoms with van der Waals surface area (Å²) in [5.41, 5.74) is 0.255. The van der Waals surface area contributed by atoms with Crippen molar-refractivity contribution in [1.82, 2.24) is 0 Å². The van der Waals surface area contributed by atoms with Crippen LogP contribution in [0, 0.1) is 12.7 Å². The Bertz CT molecular complexity index is 740. The number of halogens is 5. The van der Waals surface area contributed by atoms with Gasteiger partial charge < -0.3 is 4.74 Å². The van der Waals surface area contributed by atoms with Crippen molar-refractivity contribution in [1.29, 1.82) is 0 Å². The summed E-state index contributed by atoms with van der Waals surface area (Å²) in [6, 6.07) is 5.82. The summed E-state index contributed by atoms with van der Waals surface area (Å²) in [4.78, 5) is 0. The lowest BCUT2D eigenvalue weighted by molar-refractivity contribution is -0.137. The molecular weight excluding hydrogens is 320 g/mol. The molecule has 1 unspecified atom stereocenters. The van der Waals surface area contributed by atoms with Gasteiger partial charge in [0.1, 0.15) is 17.7 Å². The standard InChI is InChI=1S/C16H10ClF4O/c1-8-4-10-5-11(16(19,20)21)7-12(15(10)22-8)9-2-3-14(18)13(17)6-9/h2-3,5-8H,1,4H2. The highest BCUT2D eigenvalue weighted by atomic mass is 35.5. The van der Waals surface area contributed by atoms with E-state index in [9.17, 15) is 17.6 Å². The number of hydrogen-bond acceptors (Lipinski definition) is 1. The van der Waals surface area contributed by atoms with Gasteiger partial charge in [-0.05, 0) is 42.3 Å². The minimum absolute atomic E-state index is 0.159. The molecule has 6 heteroatoms. The molecule has 1 nitrogen and oxygen atoms in total. The van der Waals surface area contributed by atoms with Crippen LogP contribution in [0.5, 0.6) is 5.75 Å². The number of benzene rings is 2. The number of ether oxygens (including phenoxy) is 1. The van der Waals surface area contributed by atoms with Gasteiger partial charge in [0, 0.05) is 12.0 Å². The molecule has 0 N–H and O–H groups in total. The second-order valence-corrected chi connectivity index (χ2v) is 5.49. The zero-order valence-electron chi connectivity index (χ0n) is 11.2. The second-order valence-electron chi connectivity index (χ2n) is 5.08. The number of fused-ring (bicyclic) bond motifs is 1. The minimum atomic E-state index is -4.48.